The van der Waals surface area contributed by atoms with E-state index in [-0.39, 0.29) is 36.4 Å². The Kier molecular flexibility index (Phi) is 12.1. The molecule has 1 saturated heterocycles. The zero-order chi connectivity index (χ0) is 18.6. The molecular formula is C20H33IN4O2. The average Bonchev–Trinajstić information content (AvgIpc) is 3.19. The van der Waals surface area contributed by atoms with E-state index in [0.717, 1.165) is 39.0 Å². The third-order valence-corrected chi connectivity index (χ3v) is 4.31. The Morgan fingerprint density at radius 1 is 1.22 bits per heavy atom. The largest absolute Gasteiger partial charge is 0.376 e. The molecule has 0 aliphatic carbocycles. The van der Waals surface area contributed by atoms with Crippen molar-refractivity contribution < 1.29 is 9.53 Å². The van der Waals surface area contributed by atoms with Gasteiger partial charge in [-0.25, -0.2) is 4.99 Å². The Bertz CT molecular complexity index is 562. The second-order valence-corrected chi connectivity index (χ2v) is 6.77. The van der Waals surface area contributed by atoms with Gasteiger partial charge in [0.1, 0.15) is 6.54 Å². The number of rotatable bonds is 9. The number of hydrogen-bond donors (Lipinski definition) is 2. The maximum absolute atomic E-state index is 12.1. The number of nitrogens with one attached hydrogen (secondary N) is 2. The van der Waals surface area contributed by atoms with Gasteiger partial charge in [0.2, 0.25) is 5.91 Å². The summed E-state index contributed by atoms with van der Waals surface area (Å²) in [5.74, 6) is 1.14. The van der Waals surface area contributed by atoms with Gasteiger partial charge in [-0.3, -0.25) is 4.79 Å². The summed E-state index contributed by atoms with van der Waals surface area (Å²) in [7, 11) is 0. The quantitative estimate of drug-likeness (QED) is 0.319. The lowest BCUT2D eigenvalue weighted by Gasteiger charge is -2.17. The molecule has 0 spiro atoms. The zero-order valence-corrected chi connectivity index (χ0v) is 18.8. The van der Waals surface area contributed by atoms with Crippen LogP contribution in [0.5, 0.6) is 0 Å². The number of nitrogens with zero attached hydrogens (tertiary/aromatic N) is 2. The third-order valence-electron chi connectivity index (χ3n) is 4.31. The summed E-state index contributed by atoms with van der Waals surface area (Å²) in [5, 5.41) is 6.50. The summed E-state index contributed by atoms with van der Waals surface area (Å²) < 4.78 is 5.78. The summed E-state index contributed by atoms with van der Waals surface area (Å²) in [6.07, 6.45) is 2.21. The third kappa shape index (κ3) is 9.41. The molecule has 0 saturated carbocycles. The summed E-state index contributed by atoms with van der Waals surface area (Å²) in [6, 6.07) is 10.2. The van der Waals surface area contributed by atoms with Crippen molar-refractivity contribution in [3.63, 3.8) is 0 Å². The molecule has 1 atom stereocenters. The van der Waals surface area contributed by atoms with E-state index < -0.39 is 0 Å². The van der Waals surface area contributed by atoms with E-state index in [1.807, 2.05) is 30.0 Å². The summed E-state index contributed by atoms with van der Waals surface area (Å²) in [6.45, 7) is 8.91. The highest BCUT2D eigenvalue weighted by atomic mass is 127. The molecule has 0 radical (unpaired) electrons. The van der Waals surface area contributed by atoms with Crippen molar-refractivity contribution in [2.24, 2.45) is 10.9 Å². The zero-order valence-electron chi connectivity index (χ0n) is 16.4. The van der Waals surface area contributed by atoms with E-state index in [4.69, 9.17) is 4.74 Å². The number of guanidine groups is 1. The molecule has 7 heteroatoms. The normalized spacial score (nSPS) is 15.2. The molecule has 27 heavy (non-hydrogen) atoms. The summed E-state index contributed by atoms with van der Waals surface area (Å²) >= 11 is 0. The van der Waals surface area contributed by atoms with Gasteiger partial charge in [-0.2, -0.15) is 0 Å². The monoisotopic (exact) mass is 488 g/mol. The molecular weight excluding hydrogens is 455 g/mol. The Labute approximate surface area is 180 Å². The highest BCUT2D eigenvalue weighted by molar-refractivity contribution is 14.0. The number of ether oxygens (including phenoxy) is 1. The predicted octanol–water partition coefficient (Wildman–Crippen LogP) is 2.63. The molecule has 1 fully saturated rings. The van der Waals surface area contributed by atoms with Gasteiger partial charge in [-0.1, -0.05) is 37.3 Å². The molecule has 152 valence electrons. The van der Waals surface area contributed by atoms with Crippen molar-refractivity contribution in [2.75, 3.05) is 39.3 Å². The van der Waals surface area contributed by atoms with Gasteiger partial charge in [-0.05, 0) is 31.2 Å². The first kappa shape index (κ1) is 23.7. The number of carbonyl (C=O) groups excluding carboxylic acids is 1. The second-order valence-electron chi connectivity index (χ2n) is 6.77. The molecule has 6 nitrogen and oxygen atoms in total. The minimum Gasteiger partial charge on any atom is -0.376 e. The fourth-order valence-electron chi connectivity index (χ4n) is 2.84. The smallest absolute Gasteiger partial charge is 0.244 e. The van der Waals surface area contributed by atoms with E-state index in [1.165, 1.54) is 5.56 Å². The van der Waals surface area contributed by atoms with Crippen LogP contribution in [-0.4, -0.2) is 56.1 Å². The first-order chi connectivity index (χ1) is 12.7. The van der Waals surface area contributed by atoms with Gasteiger partial charge in [0.25, 0.3) is 0 Å². The minimum atomic E-state index is 0. The molecule has 2 rings (SSSR count). The van der Waals surface area contributed by atoms with E-state index in [0.29, 0.717) is 25.1 Å². The van der Waals surface area contributed by atoms with Crippen LogP contribution in [0, 0.1) is 5.92 Å². The van der Waals surface area contributed by atoms with Gasteiger partial charge in [0.05, 0.1) is 13.2 Å². The second kappa shape index (κ2) is 13.8. The molecule has 1 heterocycles. The van der Waals surface area contributed by atoms with Crippen LogP contribution >= 0.6 is 24.0 Å². The van der Waals surface area contributed by atoms with Gasteiger partial charge < -0.3 is 20.3 Å². The predicted molar refractivity (Wildman–Crippen MR) is 120 cm³/mol. The lowest BCUT2D eigenvalue weighted by atomic mass is 10.2. The van der Waals surface area contributed by atoms with Crippen molar-refractivity contribution in [2.45, 2.75) is 33.3 Å². The maximum Gasteiger partial charge on any atom is 0.244 e. The topological polar surface area (TPSA) is 66.0 Å². The lowest BCUT2D eigenvalue weighted by Crippen LogP contribution is -2.41. The van der Waals surface area contributed by atoms with E-state index in [2.05, 4.69) is 34.7 Å². The number of benzene rings is 1. The van der Waals surface area contributed by atoms with Crippen LogP contribution < -0.4 is 10.6 Å². The standard InChI is InChI=1S/C20H32N4O2.HI/c1-3-21-20(23-14-19(25)24-11-7-8-12-24)22-13-17(2)15-26-16-18-9-5-4-6-10-18;/h4-6,9-10,17H,3,7-8,11-16H2,1-2H3,(H2,21,22,23);1H. The Hall–Kier alpha value is -1.35. The molecule has 2 N–H and O–H groups in total. The lowest BCUT2D eigenvalue weighted by molar-refractivity contribution is -0.128. The van der Waals surface area contributed by atoms with Crippen molar-refractivity contribution in [3.8, 4) is 0 Å². The number of likely N-dealkylation sites (tertiary alicyclic amines) is 1. The molecule has 1 aromatic rings. The van der Waals surface area contributed by atoms with Gasteiger partial charge in [-0.15, -0.1) is 24.0 Å². The highest BCUT2D eigenvalue weighted by Crippen LogP contribution is 2.07. The van der Waals surface area contributed by atoms with Crippen LogP contribution in [0.4, 0.5) is 0 Å². The number of carbonyl (C=O) groups is 1. The van der Waals surface area contributed by atoms with Gasteiger partial charge in [0, 0.05) is 26.2 Å². The fraction of sp³-hybridized carbons (Fsp3) is 0.600. The van der Waals surface area contributed by atoms with Crippen molar-refractivity contribution >= 4 is 35.8 Å². The Morgan fingerprint density at radius 2 is 1.93 bits per heavy atom. The average molecular weight is 488 g/mol. The highest BCUT2D eigenvalue weighted by Gasteiger charge is 2.17. The van der Waals surface area contributed by atoms with Crippen LogP contribution in [0.2, 0.25) is 0 Å². The van der Waals surface area contributed by atoms with Gasteiger partial charge >= 0.3 is 0 Å². The first-order valence-corrected chi connectivity index (χ1v) is 9.60. The number of hydrogen-bond acceptors (Lipinski definition) is 3. The van der Waals surface area contributed by atoms with Gasteiger partial charge in [0.15, 0.2) is 5.96 Å². The number of amides is 1. The first-order valence-electron chi connectivity index (χ1n) is 9.60. The van der Waals surface area contributed by atoms with E-state index in [9.17, 15) is 4.79 Å². The minimum absolute atomic E-state index is 0. The summed E-state index contributed by atoms with van der Waals surface area (Å²) in [4.78, 5) is 18.4. The van der Waals surface area contributed by atoms with Crippen molar-refractivity contribution in [3.05, 3.63) is 35.9 Å². The molecule has 1 aliphatic rings. The number of halogens is 1. The van der Waals surface area contributed by atoms with Crippen LogP contribution in [-0.2, 0) is 16.1 Å². The Morgan fingerprint density at radius 3 is 2.59 bits per heavy atom. The van der Waals surface area contributed by atoms with Crippen molar-refractivity contribution in [1.82, 2.24) is 15.5 Å². The number of aliphatic imine (C=N–C) groups is 1. The molecule has 1 amide bonds. The molecule has 0 bridgehead atoms. The van der Waals surface area contributed by atoms with Crippen LogP contribution in [0.15, 0.2) is 35.3 Å². The maximum atomic E-state index is 12.1. The Balaban J connectivity index is 0.00000364. The van der Waals surface area contributed by atoms with Crippen molar-refractivity contribution in [1.29, 1.82) is 0 Å². The molecule has 1 aliphatic heterocycles. The van der Waals surface area contributed by atoms with E-state index in [1.54, 1.807) is 0 Å². The van der Waals surface area contributed by atoms with Crippen LogP contribution in [0.25, 0.3) is 0 Å². The summed E-state index contributed by atoms with van der Waals surface area (Å²) in [5.41, 5.74) is 1.18. The molecule has 1 aromatic carbocycles. The van der Waals surface area contributed by atoms with Crippen LogP contribution in [0.1, 0.15) is 32.3 Å². The van der Waals surface area contributed by atoms with E-state index >= 15 is 0 Å². The fourth-order valence-corrected chi connectivity index (χ4v) is 2.84. The SMILES string of the molecule is CCNC(=NCC(=O)N1CCCC1)NCC(C)COCc1ccccc1.I. The van der Waals surface area contributed by atoms with Crippen LogP contribution in [0.3, 0.4) is 0 Å². The molecule has 1 unspecified atom stereocenters. The molecule has 0 aromatic heterocycles.